The molecule has 0 aliphatic carbocycles. The summed E-state index contributed by atoms with van der Waals surface area (Å²) >= 11 is 0. The SMILES string of the molecule is CC1(/C=C/C(=O)O)COC1. The van der Waals surface area contributed by atoms with E-state index in [2.05, 4.69) is 0 Å². The molecule has 0 aromatic rings. The van der Waals surface area contributed by atoms with E-state index in [4.69, 9.17) is 9.84 Å². The first kappa shape index (κ1) is 7.28. The molecule has 1 saturated heterocycles. The topological polar surface area (TPSA) is 46.5 Å². The lowest BCUT2D eigenvalue weighted by Crippen LogP contribution is -2.37. The van der Waals surface area contributed by atoms with Gasteiger partial charge in [-0.25, -0.2) is 4.79 Å². The molecule has 0 aromatic carbocycles. The molecule has 1 aliphatic rings. The van der Waals surface area contributed by atoms with E-state index in [1.807, 2.05) is 6.92 Å². The Labute approximate surface area is 59.3 Å². The molecule has 3 nitrogen and oxygen atoms in total. The van der Waals surface area contributed by atoms with E-state index >= 15 is 0 Å². The average Bonchev–Trinajstić information content (AvgIpc) is 1.79. The third-order valence-electron chi connectivity index (χ3n) is 1.49. The van der Waals surface area contributed by atoms with Crippen molar-refractivity contribution in [3.05, 3.63) is 12.2 Å². The normalized spacial score (nSPS) is 22.5. The van der Waals surface area contributed by atoms with Crippen molar-refractivity contribution >= 4 is 5.97 Å². The smallest absolute Gasteiger partial charge is 0.327 e. The van der Waals surface area contributed by atoms with Crippen molar-refractivity contribution in [2.24, 2.45) is 5.41 Å². The third kappa shape index (κ3) is 1.57. The molecule has 3 heteroatoms. The van der Waals surface area contributed by atoms with Crippen molar-refractivity contribution in [3.8, 4) is 0 Å². The number of carbonyl (C=O) groups is 1. The number of carboxylic acid groups (broad SMARTS) is 1. The molecule has 0 atom stereocenters. The van der Waals surface area contributed by atoms with E-state index in [1.165, 1.54) is 6.08 Å². The highest BCUT2D eigenvalue weighted by molar-refractivity contribution is 5.79. The van der Waals surface area contributed by atoms with Crippen LogP contribution in [0.15, 0.2) is 12.2 Å². The molecule has 0 unspecified atom stereocenters. The molecular weight excluding hydrogens is 132 g/mol. The second kappa shape index (κ2) is 2.42. The van der Waals surface area contributed by atoms with E-state index in [-0.39, 0.29) is 5.41 Å². The van der Waals surface area contributed by atoms with Crippen molar-refractivity contribution < 1.29 is 14.6 Å². The quantitative estimate of drug-likeness (QED) is 0.576. The zero-order valence-corrected chi connectivity index (χ0v) is 5.83. The second-order valence-corrected chi connectivity index (χ2v) is 2.82. The predicted octanol–water partition coefficient (Wildman–Crippen LogP) is 0.664. The van der Waals surface area contributed by atoms with Crippen LogP contribution in [0.4, 0.5) is 0 Å². The highest BCUT2D eigenvalue weighted by Crippen LogP contribution is 2.27. The molecule has 0 saturated carbocycles. The number of rotatable bonds is 2. The molecule has 0 spiro atoms. The molecule has 1 heterocycles. The molecule has 0 aromatic heterocycles. The van der Waals surface area contributed by atoms with Crippen molar-refractivity contribution in [3.63, 3.8) is 0 Å². The van der Waals surface area contributed by atoms with Crippen LogP contribution in [0.1, 0.15) is 6.92 Å². The molecule has 1 aliphatic heterocycles. The first-order chi connectivity index (χ1) is 4.62. The number of hydrogen-bond donors (Lipinski definition) is 1. The van der Waals surface area contributed by atoms with Gasteiger partial charge in [0.2, 0.25) is 0 Å². The molecule has 1 rings (SSSR count). The van der Waals surface area contributed by atoms with E-state index in [9.17, 15) is 4.79 Å². The number of ether oxygens (including phenoxy) is 1. The van der Waals surface area contributed by atoms with Crippen LogP contribution < -0.4 is 0 Å². The minimum atomic E-state index is -0.895. The van der Waals surface area contributed by atoms with Crippen LogP contribution >= 0.6 is 0 Å². The molecule has 1 fully saturated rings. The van der Waals surface area contributed by atoms with Gasteiger partial charge in [-0.05, 0) is 0 Å². The summed E-state index contributed by atoms with van der Waals surface area (Å²) in [6.45, 7) is 3.24. The zero-order valence-electron chi connectivity index (χ0n) is 5.83. The summed E-state index contributed by atoms with van der Waals surface area (Å²) in [5.41, 5.74) is -0.0294. The first-order valence-electron chi connectivity index (χ1n) is 3.12. The van der Waals surface area contributed by atoms with Gasteiger partial charge >= 0.3 is 5.97 Å². The summed E-state index contributed by atoms with van der Waals surface area (Å²) in [6.07, 6.45) is 2.85. The van der Waals surface area contributed by atoms with E-state index in [1.54, 1.807) is 6.08 Å². The standard InChI is InChI=1S/C7H10O3/c1-7(4-10-5-7)3-2-6(8)9/h2-3H,4-5H2,1H3,(H,8,9)/b3-2+. The van der Waals surface area contributed by atoms with Crippen molar-refractivity contribution in [2.45, 2.75) is 6.92 Å². The Morgan fingerprint density at radius 2 is 2.30 bits per heavy atom. The van der Waals surface area contributed by atoms with E-state index in [0.717, 1.165) is 0 Å². The molecular formula is C7H10O3. The van der Waals surface area contributed by atoms with Gasteiger partial charge in [-0.2, -0.15) is 0 Å². The van der Waals surface area contributed by atoms with Gasteiger partial charge in [-0.15, -0.1) is 0 Å². The van der Waals surface area contributed by atoms with Crippen molar-refractivity contribution in [2.75, 3.05) is 13.2 Å². The fraction of sp³-hybridized carbons (Fsp3) is 0.571. The Morgan fingerprint density at radius 3 is 2.60 bits per heavy atom. The van der Waals surface area contributed by atoms with Crippen LogP contribution in [0.5, 0.6) is 0 Å². The van der Waals surface area contributed by atoms with Crippen LogP contribution in [-0.4, -0.2) is 24.3 Å². The van der Waals surface area contributed by atoms with Gasteiger partial charge < -0.3 is 9.84 Å². The predicted molar refractivity (Wildman–Crippen MR) is 35.7 cm³/mol. The lowest BCUT2D eigenvalue weighted by atomic mass is 9.88. The highest BCUT2D eigenvalue weighted by atomic mass is 16.5. The summed E-state index contributed by atoms with van der Waals surface area (Å²) in [5, 5.41) is 8.27. The summed E-state index contributed by atoms with van der Waals surface area (Å²) in [5.74, 6) is -0.895. The zero-order chi connectivity index (χ0) is 7.61. The van der Waals surface area contributed by atoms with Gasteiger partial charge in [0.25, 0.3) is 0 Å². The monoisotopic (exact) mass is 142 g/mol. The largest absolute Gasteiger partial charge is 0.478 e. The van der Waals surface area contributed by atoms with Crippen LogP contribution in [0, 0.1) is 5.41 Å². The average molecular weight is 142 g/mol. The Balaban J connectivity index is 2.43. The molecule has 0 radical (unpaired) electrons. The minimum Gasteiger partial charge on any atom is -0.478 e. The first-order valence-corrected chi connectivity index (χ1v) is 3.12. The molecule has 0 bridgehead atoms. The van der Waals surface area contributed by atoms with Gasteiger partial charge in [0.05, 0.1) is 13.2 Å². The van der Waals surface area contributed by atoms with Crippen LogP contribution in [0.2, 0.25) is 0 Å². The van der Waals surface area contributed by atoms with Crippen molar-refractivity contribution in [1.29, 1.82) is 0 Å². The lowest BCUT2D eigenvalue weighted by Gasteiger charge is -2.34. The Morgan fingerprint density at radius 1 is 1.70 bits per heavy atom. The molecule has 10 heavy (non-hydrogen) atoms. The van der Waals surface area contributed by atoms with Gasteiger partial charge in [-0.1, -0.05) is 13.0 Å². The maximum Gasteiger partial charge on any atom is 0.327 e. The van der Waals surface area contributed by atoms with Crippen molar-refractivity contribution in [1.82, 2.24) is 0 Å². The van der Waals surface area contributed by atoms with Crippen LogP contribution in [0.3, 0.4) is 0 Å². The van der Waals surface area contributed by atoms with Crippen LogP contribution in [0.25, 0.3) is 0 Å². The number of hydrogen-bond acceptors (Lipinski definition) is 2. The summed E-state index contributed by atoms with van der Waals surface area (Å²) in [4.78, 5) is 10.1. The van der Waals surface area contributed by atoms with E-state index < -0.39 is 5.97 Å². The summed E-state index contributed by atoms with van der Waals surface area (Å²) in [7, 11) is 0. The maximum atomic E-state index is 10.1. The number of carboxylic acids is 1. The Hall–Kier alpha value is -0.830. The van der Waals surface area contributed by atoms with E-state index in [0.29, 0.717) is 13.2 Å². The number of aliphatic carboxylic acids is 1. The molecule has 0 amide bonds. The maximum absolute atomic E-state index is 10.1. The van der Waals surface area contributed by atoms with Crippen LogP contribution in [-0.2, 0) is 9.53 Å². The van der Waals surface area contributed by atoms with Gasteiger partial charge in [-0.3, -0.25) is 0 Å². The summed E-state index contributed by atoms with van der Waals surface area (Å²) < 4.78 is 4.93. The molecule has 56 valence electrons. The van der Waals surface area contributed by atoms with Gasteiger partial charge in [0.1, 0.15) is 0 Å². The Kier molecular flexibility index (Phi) is 1.76. The molecule has 1 N–H and O–H groups in total. The fourth-order valence-corrected chi connectivity index (χ4v) is 0.793. The Bertz CT molecular complexity index is 168. The fourth-order valence-electron chi connectivity index (χ4n) is 0.793. The minimum absolute atomic E-state index is 0.0294. The lowest BCUT2D eigenvalue weighted by molar-refractivity contribution is -0.131. The van der Waals surface area contributed by atoms with Gasteiger partial charge in [0.15, 0.2) is 0 Å². The second-order valence-electron chi connectivity index (χ2n) is 2.82. The highest BCUT2D eigenvalue weighted by Gasteiger charge is 2.30. The van der Waals surface area contributed by atoms with Gasteiger partial charge in [0, 0.05) is 11.5 Å². The summed E-state index contributed by atoms with van der Waals surface area (Å²) in [6, 6.07) is 0. The third-order valence-corrected chi connectivity index (χ3v) is 1.49.